The highest BCUT2D eigenvalue weighted by Gasteiger charge is 2.20. The Balaban J connectivity index is 1.41. The molecule has 0 radical (unpaired) electrons. The molecule has 0 bridgehead atoms. The second-order valence-electron chi connectivity index (χ2n) is 5.63. The largest absolute Gasteiger partial charge is 0.306 e. The Hall–Kier alpha value is -2.29. The van der Waals surface area contributed by atoms with Gasteiger partial charge in [0.15, 0.2) is 0 Å². The normalized spacial score (nSPS) is 16.9. The lowest BCUT2D eigenvalue weighted by Crippen LogP contribution is -2.37. The molecule has 9 heteroatoms. The van der Waals surface area contributed by atoms with Crippen LogP contribution in [0.4, 0.5) is 5.69 Å². The van der Waals surface area contributed by atoms with Gasteiger partial charge in [-0.3, -0.25) is 19.5 Å². The van der Waals surface area contributed by atoms with Gasteiger partial charge in [-0.25, -0.2) is 0 Å². The van der Waals surface area contributed by atoms with E-state index in [-0.39, 0.29) is 5.69 Å². The van der Waals surface area contributed by atoms with E-state index in [9.17, 15) is 10.1 Å². The van der Waals surface area contributed by atoms with E-state index in [4.69, 9.17) is 0 Å². The van der Waals surface area contributed by atoms with E-state index >= 15 is 0 Å². The van der Waals surface area contributed by atoms with Gasteiger partial charge in [0.05, 0.1) is 17.7 Å². The first-order valence-corrected chi connectivity index (χ1v) is 7.44. The fourth-order valence-corrected chi connectivity index (χ4v) is 2.80. The maximum Gasteiger partial charge on any atom is 0.306 e. The summed E-state index contributed by atoms with van der Waals surface area (Å²) in [4.78, 5) is 12.6. The van der Waals surface area contributed by atoms with Crippen molar-refractivity contribution in [2.24, 2.45) is 5.92 Å². The van der Waals surface area contributed by atoms with Crippen LogP contribution in [0.3, 0.4) is 0 Å². The molecule has 0 atom stereocenters. The molecule has 2 aromatic heterocycles. The molecular weight excluding hydrogens is 286 g/mol. The summed E-state index contributed by atoms with van der Waals surface area (Å²) in [5, 5.41) is 22.5. The molecule has 22 heavy (non-hydrogen) atoms. The first-order chi connectivity index (χ1) is 10.7. The number of piperidine rings is 1. The highest BCUT2D eigenvalue weighted by atomic mass is 16.6. The van der Waals surface area contributed by atoms with Crippen LogP contribution in [-0.2, 0) is 13.1 Å². The fraction of sp³-hybridized carbons (Fsp3) is 0.615. The van der Waals surface area contributed by atoms with Crippen molar-refractivity contribution in [1.82, 2.24) is 29.7 Å². The Morgan fingerprint density at radius 2 is 2.09 bits per heavy atom. The molecule has 9 nitrogen and oxygen atoms in total. The summed E-state index contributed by atoms with van der Waals surface area (Å²) in [7, 11) is 0. The lowest BCUT2D eigenvalue weighted by molar-refractivity contribution is -0.385. The molecule has 0 unspecified atom stereocenters. The first-order valence-electron chi connectivity index (χ1n) is 7.44. The number of hydrogen-bond acceptors (Lipinski definition) is 6. The molecule has 1 aliphatic heterocycles. The van der Waals surface area contributed by atoms with Crippen LogP contribution in [0.25, 0.3) is 0 Å². The molecular formula is C13H19N7O2. The molecule has 0 amide bonds. The van der Waals surface area contributed by atoms with E-state index in [1.54, 1.807) is 10.9 Å². The summed E-state index contributed by atoms with van der Waals surface area (Å²) in [5.41, 5.74) is 0.0477. The summed E-state index contributed by atoms with van der Waals surface area (Å²) in [6, 6.07) is 0. The van der Waals surface area contributed by atoms with Crippen LogP contribution in [0.15, 0.2) is 24.8 Å². The third-order valence-corrected chi connectivity index (χ3v) is 4.10. The number of hydrogen-bond donors (Lipinski definition) is 0. The van der Waals surface area contributed by atoms with Crippen molar-refractivity contribution in [2.75, 3.05) is 19.6 Å². The second kappa shape index (κ2) is 6.65. The van der Waals surface area contributed by atoms with Crippen LogP contribution >= 0.6 is 0 Å². The van der Waals surface area contributed by atoms with Crippen molar-refractivity contribution in [1.29, 1.82) is 0 Å². The zero-order valence-corrected chi connectivity index (χ0v) is 12.3. The molecule has 0 aliphatic carbocycles. The van der Waals surface area contributed by atoms with E-state index in [0.717, 1.165) is 39.0 Å². The molecule has 0 N–H and O–H groups in total. The third kappa shape index (κ3) is 3.67. The standard InChI is InChI=1S/C13H19N7O2/c21-20(22)13-9-15-18(11-13)8-7-17-4-1-12(2-5-17)10-19-6-3-14-16-19/h3,6,9,11-12H,1-2,4-5,7-8,10H2. The van der Waals surface area contributed by atoms with Crippen LogP contribution in [0.1, 0.15) is 12.8 Å². The number of nitrogens with zero attached hydrogens (tertiary/aromatic N) is 7. The highest BCUT2D eigenvalue weighted by molar-refractivity contribution is 5.20. The minimum absolute atomic E-state index is 0.0477. The maximum absolute atomic E-state index is 10.6. The Kier molecular flexibility index (Phi) is 4.42. The minimum atomic E-state index is -0.418. The van der Waals surface area contributed by atoms with Gasteiger partial charge in [0.25, 0.3) is 0 Å². The lowest BCUT2D eigenvalue weighted by Gasteiger charge is -2.31. The molecule has 0 aromatic carbocycles. The van der Waals surface area contributed by atoms with Gasteiger partial charge in [-0.15, -0.1) is 5.10 Å². The summed E-state index contributed by atoms with van der Waals surface area (Å²) < 4.78 is 3.53. The average molecular weight is 305 g/mol. The van der Waals surface area contributed by atoms with Crippen molar-refractivity contribution in [3.63, 3.8) is 0 Å². The first kappa shape index (κ1) is 14.6. The summed E-state index contributed by atoms with van der Waals surface area (Å²) in [6.07, 6.45) is 8.66. The van der Waals surface area contributed by atoms with Gasteiger partial charge in [-0.05, 0) is 31.8 Å². The number of nitro groups is 1. The Labute approximate surface area is 127 Å². The van der Waals surface area contributed by atoms with Crippen LogP contribution < -0.4 is 0 Å². The Morgan fingerprint density at radius 3 is 2.73 bits per heavy atom. The predicted octanol–water partition coefficient (Wildman–Crippen LogP) is 0.795. The van der Waals surface area contributed by atoms with E-state index in [1.807, 2.05) is 10.9 Å². The van der Waals surface area contributed by atoms with Crippen molar-refractivity contribution >= 4 is 5.69 Å². The van der Waals surface area contributed by atoms with Crippen molar-refractivity contribution < 1.29 is 4.92 Å². The quantitative estimate of drug-likeness (QED) is 0.578. The third-order valence-electron chi connectivity index (χ3n) is 4.10. The van der Waals surface area contributed by atoms with Gasteiger partial charge in [0.2, 0.25) is 0 Å². The Bertz CT molecular complexity index is 602. The zero-order valence-electron chi connectivity index (χ0n) is 12.3. The fourth-order valence-electron chi connectivity index (χ4n) is 2.80. The van der Waals surface area contributed by atoms with Gasteiger partial charge >= 0.3 is 5.69 Å². The molecule has 2 aromatic rings. The van der Waals surface area contributed by atoms with E-state index in [1.165, 1.54) is 12.4 Å². The second-order valence-corrected chi connectivity index (χ2v) is 5.63. The SMILES string of the molecule is O=[N+]([O-])c1cnn(CCN2CCC(Cn3ccnn3)CC2)c1. The van der Waals surface area contributed by atoms with Crippen molar-refractivity contribution in [2.45, 2.75) is 25.9 Å². The predicted molar refractivity (Wildman–Crippen MR) is 78.1 cm³/mol. The topological polar surface area (TPSA) is 94.9 Å². The molecule has 3 rings (SSSR count). The maximum atomic E-state index is 10.6. The zero-order chi connectivity index (χ0) is 15.4. The highest BCUT2D eigenvalue weighted by Crippen LogP contribution is 2.18. The molecule has 118 valence electrons. The monoisotopic (exact) mass is 305 g/mol. The van der Waals surface area contributed by atoms with Gasteiger partial charge in [0, 0.05) is 19.3 Å². The van der Waals surface area contributed by atoms with Crippen molar-refractivity contribution in [3.8, 4) is 0 Å². The van der Waals surface area contributed by atoms with Gasteiger partial charge < -0.3 is 4.90 Å². The van der Waals surface area contributed by atoms with Gasteiger partial charge in [0.1, 0.15) is 12.4 Å². The smallest absolute Gasteiger partial charge is 0.301 e. The van der Waals surface area contributed by atoms with Crippen molar-refractivity contribution in [3.05, 3.63) is 34.9 Å². The summed E-state index contributed by atoms with van der Waals surface area (Å²) in [6.45, 7) is 4.57. The molecule has 0 saturated carbocycles. The molecule has 3 heterocycles. The average Bonchev–Trinajstić information content (AvgIpc) is 3.18. The number of rotatable bonds is 6. The van der Waals surface area contributed by atoms with Crippen LogP contribution in [0.2, 0.25) is 0 Å². The molecule has 1 saturated heterocycles. The minimum Gasteiger partial charge on any atom is -0.301 e. The van der Waals surface area contributed by atoms with Gasteiger partial charge in [-0.2, -0.15) is 5.10 Å². The van der Waals surface area contributed by atoms with Crippen LogP contribution in [0.5, 0.6) is 0 Å². The molecule has 1 aliphatic rings. The van der Waals surface area contributed by atoms with E-state index in [2.05, 4.69) is 20.3 Å². The number of aromatic nitrogens is 5. The molecule has 0 spiro atoms. The summed E-state index contributed by atoms with van der Waals surface area (Å²) in [5.74, 6) is 0.642. The van der Waals surface area contributed by atoms with Gasteiger partial charge in [-0.1, -0.05) is 5.21 Å². The van der Waals surface area contributed by atoms with Crippen LogP contribution in [-0.4, -0.2) is 54.2 Å². The van der Waals surface area contributed by atoms with Crippen LogP contribution in [0, 0.1) is 16.0 Å². The Morgan fingerprint density at radius 1 is 1.27 bits per heavy atom. The molecule has 1 fully saturated rings. The van der Waals surface area contributed by atoms with E-state index < -0.39 is 4.92 Å². The lowest BCUT2D eigenvalue weighted by atomic mass is 9.97. The van der Waals surface area contributed by atoms with E-state index in [0.29, 0.717) is 12.5 Å². The summed E-state index contributed by atoms with van der Waals surface area (Å²) >= 11 is 0. The number of likely N-dealkylation sites (tertiary alicyclic amines) is 1.